The highest BCUT2D eigenvalue weighted by Gasteiger charge is 2.30. The first kappa shape index (κ1) is 26.8. The molecular weight excluding hydrogens is 540 g/mol. The summed E-state index contributed by atoms with van der Waals surface area (Å²) < 4.78 is 7.68. The second-order valence-corrected chi connectivity index (χ2v) is 12.6. The summed E-state index contributed by atoms with van der Waals surface area (Å²) in [5.74, 6) is 2.82. The zero-order chi connectivity index (χ0) is 29.3. The maximum Gasteiger partial charge on any atom is 0.332 e. The number of hydrogen-bond acceptors (Lipinski definition) is 8. The summed E-state index contributed by atoms with van der Waals surface area (Å²) in [4.78, 5) is 62.1. The third-order valence-corrected chi connectivity index (χ3v) is 8.93. The number of aromatic amines is 1. The van der Waals surface area contributed by atoms with Gasteiger partial charge < -0.3 is 20.6 Å². The third kappa shape index (κ3) is 4.96. The molecule has 0 saturated heterocycles. The van der Waals surface area contributed by atoms with Crippen LogP contribution in [0.25, 0.3) is 22.3 Å². The molecule has 14 nitrogen and oxygen atoms in total. The fourth-order valence-corrected chi connectivity index (χ4v) is 5.55. The van der Waals surface area contributed by atoms with E-state index in [9.17, 15) is 19.2 Å². The van der Waals surface area contributed by atoms with Crippen LogP contribution in [0.3, 0.4) is 0 Å². The number of rotatable bonds is 9. The zero-order valence-corrected chi connectivity index (χ0v) is 24.1. The molecular formula is C28H38N10O4. The molecule has 8 rings (SSSR count). The predicted octanol–water partition coefficient (Wildman–Crippen LogP) is 1.05. The average molecular weight is 579 g/mol. The van der Waals surface area contributed by atoms with Crippen molar-refractivity contribution in [2.75, 3.05) is 18.1 Å². The molecule has 0 aromatic carbocycles. The zero-order valence-electron chi connectivity index (χ0n) is 24.1. The van der Waals surface area contributed by atoms with Gasteiger partial charge in [-0.15, -0.1) is 0 Å². The number of fused-ring (bicyclic) bond motifs is 2. The molecule has 0 unspecified atom stereocenters. The molecule has 42 heavy (non-hydrogen) atoms. The molecule has 0 radical (unpaired) electrons. The fourth-order valence-electron chi connectivity index (χ4n) is 5.55. The first-order chi connectivity index (χ1) is 20.2. The first-order valence-electron chi connectivity index (χ1n) is 15.1. The van der Waals surface area contributed by atoms with Crippen LogP contribution < -0.4 is 33.5 Å². The van der Waals surface area contributed by atoms with Crippen LogP contribution in [0.5, 0.6) is 0 Å². The van der Waals surface area contributed by atoms with Gasteiger partial charge in [0.1, 0.15) is 0 Å². The number of nitrogen functional groups attached to an aromatic ring is 1. The smallest absolute Gasteiger partial charge is 0.332 e. The maximum atomic E-state index is 12.7. The molecule has 14 heteroatoms. The van der Waals surface area contributed by atoms with Gasteiger partial charge in [-0.2, -0.15) is 9.97 Å². The Bertz CT molecular complexity index is 1920. The van der Waals surface area contributed by atoms with Crippen molar-refractivity contribution in [2.45, 2.75) is 77.5 Å². The highest BCUT2D eigenvalue weighted by Crippen LogP contribution is 2.33. The number of anilines is 2. The number of nitrogens with two attached hydrogens (primary N) is 1. The van der Waals surface area contributed by atoms with Gasteiger partial charge in [-0.1, -0.05) is 0 Å². The van der Waals surface area contributed by atoms with Gasteiger partial charge in [0, 0.05) is 40.3 Å². The van der Waals surface area contributed by atoms with E-state index in [2.05, 4.69) is 20.3 Å². The normalized spacial score (nSPS) is 18.4. The van der Waals surface area contributed by atoms with Crippen molar-refractivity contribution in [1.29, 1.82) is 0 Å². The molecule has 4 aromatic heterocycles. The largest absolute Gasteiger partial charge is 0.369 e. The minimum absolute atomic E-state index is 0.208. The average Bonchev–Trinajstić information content (AvgIpc) is 3.77. The second-order valence-electron chi connectivity index (χ2n) is 12.6. The van der Waals surface area contributed by atoms with E-state index in [-0.39, 0.29) is 28.4 Å². The molecule has 0 spiro atoms. The molecule has 0 amide bonds. The maximum absolute atomic E-state index is 12.7. The Morgan fingerprint density at radius 2 is 1.17 bits per heavy atom. The summed E-state index contributed by atoms with van der Waals surface area (Å²) in [6.07, 6.45) is 8.99. The van der Waals surface area contributed by atoms with Gasteiger partial charge in [-0.3, -0.25) is 27.9 Å². The lowest BCUT2D eigenvalue weighted by Crippen LogP contribution is -2.41. The van der Waals surface area contributed by atoms with Crippen molar-refractivity contribution >= 4 is 34.2 Å². The monoisotopic (exact) mass is 578 g/mol. The topological polar surface area (TPSA) is 173 Å². The number of aromatic nitrogens is 8. The summed E-state index contributed by atoms with van der Waals surface area (Å²) >= 11 is 0. The van der Waals surface area contributed by atoms with Crippen LogP contribution in [-0.2, 0) is 33.2 Å². The van der Waals surface area contributed by atoms with E-state index >= 15 is 0 Å². The van der Waals surface area contributed by atoms with E-state index in [1.165, 1.54) is 9.13 Å². The van der Waals surface area contributed by atoms with Gasteiger partial charge in [0.05, 0.1) is 0 Å². The summed E-state index contributed by atoms with van der Waals surface area (Å²) in [5.41, 5.74) is 6.67. The van der Waals surface area contributed by atoms with E-state index < -0.39 is 0 Å². The molecule has 4 aromatic rings. The SMILES string of the molecule is CNc1nc2c([nH]1)c(=O)n(CC1CC1)c(=O)n2CC1CC1.Cn1c(N)nc2c1c(=O)n(CC1CC1)c(=O)n2CC1CC1. The Kier molecular flexibility index (Phi) is 6.39. The van der Waals surface area contributed by atoms with Crippen molar-refractivity contribution in [1.82, 2.24) is 37.8 Å². The van der Waals surface area contributed by atoms with Crippen LogP contribution in [0.1, 0.15) is 51.4 Å². The summed E-state index contributed by atoms with van der Waals surface area (Å²) in [7, 11) is 3.46. The molecule has 0 aliphatic heterocycles. The van der Waals surface area contributed by atoms with Crippen molar-refractivity contribution in [2.24, 2.45) is 30.7 Å². The van der Waals surface area contributed by atoms with Crippen LogP contribution in [-0.4, -0.2) is 44.8 Å². The van der Waals surface area contributed by atoms with Gasteiger partial charge in [0.2, 0.25) is 11.9 Å². The summed E-state index contributed by atoms with van der Waals surface area (Å²) in [5, 5.41) is 2.90. The van der Waals surface area contributed by atoms with E-state index in [1.807, 2.05) is 0 Å². The van der Waals surface area contributed by atoms with Crippen LogP contribution in [0.15, 0.2) is 19.2 Å². The highest BCUT2D eigenvalue weighted by molar-refractivity contribution is 5.74. The number of nitrogens with one attached hydrogen (secondary N) is 2. The minimum Gasteiger partial charge on any atom is -0.369 e. The molecule has 4 fully saturated rings. The second kappa shape index (κ2) is 10.0. The van der Waals surface area contributed by atoms with E-state index in [0.717, 1.165) is 51.4 Å². The van der Waals surface area contributed by atoms with E-state index in [1.54, 1.807) is 27.8 Å². The van der Waals surface area contributed by atoms with Gasteiger partial charge in [0.15, 0.2) is 22.3 Å². The number of hydrogen-bond donors (Lipinski definition) is 3. The Labute approximate surface area is 240 Å². The number of imidazole rings is 2. The van der Waals surface area contributed by atoms with Gasteiger partial charge in [-0.25, -0.2) is 9.59 Å². The van der Waals surface area contributed by atoms with Crippen LogP contribution >= 0.6 is 0 Å². The van der Waals surface area contributed by atoms with E-state index in [0.29, 0.717) is 78.1 Å². The number of nitrogens with zero attached hydrogens (tertiary/aromatic N) is 7. The molecule has 4 aliphatic rings. The van der Waals surface area contributed by atoms with E-state index in [4.69, 9.17) is 5.73 Å². The van der Waals surface area contributed by atoms with Gasteiger partial charge in [0.25, 0.3) is 11.1 Å². The highest BCUT2D eigenvalue weighted by atomic mass is 16.2. The molecule has 224 valence electrons. The summed E-state index contributed by atoms with van der Waals surface area (Å²) in [6, 6.07) is 0. The molecule has 4 saturated carbocycles. The summed E-state index contributed by atoms with van der Waals surface area (Å²) in [6.45, 7) is 2.35. The van der Waals surface area contributed by atoms with Crippen LogP contribution in [0.2, 0.25) is 0 Å². The Morgan fingerprint density at radius 1 is 0.714 bits per heavy atom. The minimum atomic E-state index is -0.263. The Hall–Kier alpha value is -4.10. The predicted molar refractivity (Wildman–Crippen MR) is 159 cm³/mol. The fraction of sp³-hybridized carbons (Fsp3) is 0.643. The molecule has 0 atom stereocenters. The van der Waals surface area contributed by atoms with Crippen LogP contribution in [0.4, 0.5) is 11.9 Å². The molecule has 4 N–H and O–H groups in total. The van der Waals surface area contributed by atoms with Gasteiger partial charge in [-0.05, 0) is 75.0 Å². The van der Waals surface area contributed by atoms with Crippen molar-refractivity contribution in [3.8, 4) is 0 Å². The lowest BCUT2D eigenvalue weighted by Gasteiger charge is -2.11. The molecule has 4 heterocycles. The Balaban J connectivity index is 0.000000137. The Morgan fingerprint density at radius 3 is 1.64 bits per heavy atom. The standard InChI is InChI=1S/2C14H19N5O2/c1-17-10-11(16-13(17)15)18(6-8-2-3-8)14(21)19(12(10)20)7-9-4-5-9;1-15-13-16-10-11(17-13)18(6-8-2-3-8)14(21)19(12(10)20)7-9-4-5-9/h8-9H,2-7H2,1H3,(H2,15,16);8-9H,2-7H2,1H3,(H2,15,16,17). The quantitative estimate of drug-likeness (QED) is 0.264. The molecule has 0 bridgehead atoms. The third-order valence-electron chi connectivity index (χ3n) is 8.93. The molecule has 4 aliphatic carbocycles. The lowest BCUT2D eigenvalue weighted by atomic mass is 10.3. The number of H-pyrrole nitrogens is 1. The van der Waals surface area contributed by atoms with Crippen molar-refractivity contribution < 1.29 is 0 Å². The first-order valence-corrected chi connectivity index (χ1v) is 15.1. The lowest BCUT2D eigenvalue weighted by molar-refractivity contribution is 0.519. The van der Waals surface area contributed by atoms with Gasteiger partial charge >= 0.3 is 11.4 Å². The number of aryl methyl sites for hydroxylation is 1. The van der Waals surface area contributed by atoms with Crippen molar-refractivity contribution in [3.63, 3.8) is 0 Å². The van der Waals surface area contributed by atoms with Crippen molar-refractivity contribution in [3.05, 3.63) is 41.7 Å². The van der Waals surface area contributed by atoms with Crippen LogP contribution in [0, 0.1) is 23.7 Å².